The highest BCUT2D eigenvalue weighted by Gasteiger charge is 2.35. The lowest BCUT2D eigenvalue weighted by atomic mass is 9.78. The molecule has 0 bridgehead atoms. The van der Waals surface area contributed by atoms with Crippen LogP contribution in [0.2, 0.25) is 0 Å². The summed E-state index contributed by atoms with van der Waals surface area (Å²) in [5.41, 5.74) is 1.78. The van der Waals surface area contributed by atoms with E-state index in [2.05, 4.69) is 5.32 Å². The fourth-order valence-corrected chi connectivity index (χ4v) is 3.95. The van der Waals surface area contributed by atoms with Crippen molar-refractivity contribution in [2.75, 3.05) is 20.8 Å². The molecule has 144 valence electrons. The number of carbonyl (C=O) groups is 1. The average molecular weight is 371 g/mol. The van der Waals surface area contributed by atoms with Crippen molar-refractivity contribution in [1.29, 1.82) is 0 Å². The maximum absolute atomic E-state index is 13.3. The third-order valence-corrected chi connectivity index (χ3v) is 5.48. The molecule has 2 aromatic carbocycles. The highest BCUT2D eigenvalue weighted by molar-refractivity contribution is 5.79. The maximum Gasteiger partial charge on any atom is 0.224 e. The number of hydrogen-bond donors (Lipinski definition) is 1. The van der Waals surface area contributed by atoms with Gasteiger partial charge >= 0.3 is 0 Å². The molecule has 1 amide bonds. The number of ether oxygens (including phenoxy) is 2. The van der Waals surface area contributed by atoms with Crippen molar-refractivity contribution in [2.24, 2.45) is 0 Å². The van der Waals surface area contributed by atoms with E-state index in [0.29, 0.717) is 18.0 Å². The van der Waals surface area contributed by atoms with E-state index in [0.717, 1.165) is 36.8 Å². The van der Waals surface area contributed by atoms with Gasteiger partial charge < -0.3 is 14.8 Å². The van der Waals surface area contributed by atoms with Crippen LogP contribution in [0.3, 0.4) is 0 Å². The number of methoxy groups -OCH3 is 2. The van der Waals surface area contributed by atoms with Gasteiger partial charge in [-0.2, -0.15) is 0 Å². The topological polar surface area (TPSA) is 47.6 Å². The number of nitrogens with one attached hydrogen (secondary N) is 1. The smallest absolute Gasteiger partial charge is 0.224 e. The van der Waals surface area contributed by atoms with E-state index in [1.54, 1.807) is 20.3 Å². The highest BCUT2D eigenvalue weighted by Crippen LogP contribution is 2.40. The van der Waals surface area contributed by atoms with Gasteiger partial charge in [0, 0.05) is 17.5 Å². The second-order valence-electron chi connectivity index (χ2n) is 7.13. The molecule has 0 saturated heterocycles. The lowest BCUT2D eigenvalue weighted by molar-refractivity contribution is -0.120. The number of halogens is 1. The molecule has 0 atom stereocenters. The molecular formula is C22H26FNO3. The van der Waals surface area contributed by atoms with E-state index in [1.165, 1.54) is 12.1 Å². The van der Waals surface area contributed by atoms with Gasteiger partial charge in [0.1, 0.15) is 17.3 Å². The van der Waals surface area contributed by atoms with Crippen molar-refractivity contribution in [1.82, 2.24) is 5.32 Å². The Balaban J connectivity index is 1.69. The second kappa shape index (κ2) is 8.42. The molecular weight excluding hydrogens is 345 g/mol. The first-order valence-electron chi connectivity index (χ1n) is 9.30. The van der Waals surface area contributed by atoms with Gasteiger partial charge in [0.15, 0.2) is 0 Å². The fourth-order valence-electron chi connectivity index (χ4n) is 3.95. The molecule has 1 fully saturated rings. The molecule has 0 heterocycles. The molecule has 0 aliphatic heterocycles. The summed E-state index contributed by atoms with van der Waals surface area (Å²) in [6.45, 7) is 0.559. The Labute approximate surface area is 159 Å². The summed E-state index contributed by atoms with van der Waals surface area (Å²) in [6, 6.07) is 12.1. The van der Waals surface area contributed by atoms with Crippen molar-refractivity contribution in [2.45, 2.75) is 37.5 Å². The van der Waals surface area contributed by atoms with Crippen LogP contribution in [0.4, 0.5) is 4.39 Å². The predicted octanol–water partition coefficient (Wildman–Crippen LogP) is 4.01. The lowest BCUT2D eigenvalue weighted by Gasteiger charge is -2.30. The third-order valence-electron chi connectivity index (χ3n) is 5.48. The van der Waals surface area contributed by atoms with E-state index >= 15 is 0 Å². The molecule has 0 aromatic heterocycles. The Morgan fingerprint density at radius 3 is 2.41 bits per heavy atom. The summed E-state index contributed by atoms with van der Waals surface area (Å²) in [5, 5.41) is 3.09. The van der Waals surface area contributed by atoms with E-state index in [-0.39, 0.29) is 23.6 Å². The largest absolute Gasteiger partial charge is 0.497 e. The minimum atomic E-state index is -0.235. The van der Waals surface area contributed by atoms with Crippen LogP contribution >= 0.6 is 0 Å². The zero-order valence-corrected chi connectivity index (χ0v) is 15.9. The predicted molar refractivity (Wildman–Crippen MR) is 103 cm³/mol. The van der Waals surface area contributed by atoms with Gasteiger partial charge in [-0.1, -0.05) is 25.0 Å². The van der Waals surface area contributed by atoms with Crippen LogP contribution < -0.4 is 14.8 Å². The molecule has 1 aliphatic rings. The van der Waals surface area contributed by atoms with Crippen LogP contribution in [0.5, 0.6) is 11.5 Å². The molecule has 0 radical (unpaired) electrons. The second-order valence-corrected chi connectivity index (χ2v) is 7.13. The van der Waals surface area contributed by atoms with Crippen molar-refractivity contribution in [3.8, 4) is 11.5 Å². The van der Waals surface area contributed by atoms with E-state index in [9.17, 15) is 9.18 Å². The summed E-state index contributed by atoms with van der Waals surface area (Å²) in [4.78, 5) is 12.6. The summed E-state index contributed by atoms with van der Waals surface area (Å²) >= 11 is 0. The van der Waals surface area contributed by atoms with Crippen LogP contribution in [0, 0.1) is 5.82 Å². The molecule has 4 nitrogen and oxygen atoms in total. The van der Waals surface area contributed by atoms with Crippen molar-refractivity contribution in [3.63, 3.8) is 0 Å². The molecule has 1 N–H and O–H groups in total. The Kier molecular flexibility index (Phi) is 5.99. The minimum Gasteiger partial charge on any atom is -0.497 e. The molecule has 2 aromatic rings. The molecule has 1 aliphatic carbocycles. The van der Waals surface area contributed by atoms with Crippen LogP contribution in [-0.4, -0.2) is 26.7 Å². The zero-order chi connectivity index (χ0) is 19.3. The number of benzene rings is 2. The Morgan fingerprint density at radius 2 is 1.78 bits per heavy atom. The summed E-state index contributed by atoms with van der Waals surface area (Å²) in [5.74, 6) is 1.06. The van der Waals surface area contributed by atoms with Gasteiger partial charge in [-0.05, 0) is 48.7 Å². The molecule has 0 unspecified atom stereocenters. The standard InChI is InChI=1S/C22H26FNO3/c1-26-19-9-10-20(27-2)16(13-19)14-21(25)24-15-22(11-3-4-12-22)17-5-7-18(23)8-6-17/h5-10,13H,3-4,11-12,14-15H2,1-2H3,(H,24,25). The molecule has 0 spiro atoms. The van der Waals surface area contributed by atoms with Crippen LogP contribution in [-0.2, 0) is 16.6 Å². The Morgan fingerprint density at radius 1 is 1.07 bits per heavy atom. The number of carbonyl (C=O) groups excluding carboxylic acids is 1. The van der Waals surface area contributed by atoms with E-state index in [1.807, 2.05) is 24.3 Å². The first-order valence-corrected chi connectivity index (χ1v) is 9.30. The Hall–Kier alpha value is -2.56. The molecule has 5 heteroatoms. The lowest BCUT2D eigenvalue weighted by Crippen LogP contribution is -2.39. The highest BCUT2D eigenvalue weighted by atomic mass is 19.1. The van der Waals surface area contributed by atoms with Crippen LogP contribution in [0.1, 0.15) is 36.8 Å². The molecule has 1 saturated carbocycles. The van der Waals surface area contributed by atoms with Crippen LogP contribution in [0.15, 0.2) is 42.5 Å². The van der Waals surface area contributed by atoms with E-state index in [4.69, 9.17) is 9.47 Å². The van der Waals surface area contributed by atoms with Crippen molar-refractivity contribution in [3.05, 3.63) is 59.4 Å². The fraction of sp³-hybridized carbons (Fsp3) is 0.409. The van der Waals surface area contributed by atoms with Gasteiger partial charge in [-0.15, -0.1) is 0 Å². The van der Waals surface area contributed by atoms with Gasteiger partial charge in [0.05, 0.1) is 20.6 Å². The van der Waals surface area contributed by atoms with Gasteiger partial charge in [-0.25, -0.2) is 4.39 Å². The van der Waals surface area contributed by atoms with Crippen LogP contribution in [0.25, 0.3) is 0 Å². The average Bonchev–Trinajstić information content (AvgIpc) is 3.17. The summed E-state index contributed by atoms with van der Waals surface area (Å²) in [6.07, 6.45) is 4.47. The first kappa shape index (κ1) is 19.2. The Bertz CT molecular complexity index is 783. The number of hydrogen-bond acceptors (Lipinski definition) is 3. The third kappa shape index (κ3) is 4.41. The van der Waals surface area contributed by atoms with Gasteiger partial charge in [0.2, 0.25) is 5.91 Å². The molecule has 27 heavy (non-hydrogen) atoms. The van der Waals surface area contributed by atoms with Gasteiger partial charge in [-0.3, -0.25) is 4.79 Å². The monoisotopic (exact) mass is 371 g/mol. The summed E-state index contributed by atoms with van der Waals surface area (Å²) < 4.78 is 23.9. The SMILES string of the molecule is COc1ccc(OC)c(CC(=O)NCC2(c3ccc(F)cc3)CCCC2)c1. The summed E-state index contributed by atoms with van der Waals surface area (Å²) in [7, 11) is 3.18. The first-order chi connectivity index (χ1) is 13.1. The number of amides is 1. The zero-order valence-electron chi connectivity index (χ0n) is 15.9. The normalized spacial score (nSPS) is 15.4. The van der Waals surface area contributed by atoms with E-state index < -0.39 is 0 Å². The van der Waals surface area contributed by atoms with Crippen molar-refractivity contribution >= 4 is 5.91 Å². The van der Waals surface area contributed by atoms with Gasteiger partial charge in [0.25, 0.3) is 0 Å². The molecule has 3 rings (SSSR count). The quantitative estimate of drug-likeness (QED) is 0.800. The minimum absolute atomic E-state index is 0.0602. The van der Waals surface area contributed by atoms with Crippen molar-refractivity contribution < 1.29 is 18.7 Å². The maximum atomic E-state index is 13.3. The number of rotatable bonds is 7.